The van der Waals surface area contributed by atoms with Gasteiger partial charge in [0.1, 0.15) is 5.82 Å². The molecule has 3 N–H and O–H groups in total. The van der Waals surface area contributed by atoms with Crippen molar-refractivity contribution in [3.05, 3.63) is 65.5 Å². The molecule has 1 aliphatic rings. The number of carbonyl (C=O) groups excluding carboxylic acids is 1. The van der Waals surface area contributed by atoms with E-state index in [4.69, 9.17) is 5.73 Å². The van der Waals surface area contributed by atoms with Gasteiger partial charge < -0.3 is 16.0 Å². The predicted molar refractivity (Wildman–Crippen MR) is 103 cm³/mol. The number of anilines is 1. The molecule has 138 valence electrons. The molecule has 1 saturated heterocycles. The fourth-order valence-electron chi connectivity index (χ4n) is 3.59. The number of halogens is 1. The Labute approximate surface area is 154 Å². The maximum Gasteiger partial charge on any atom is 0.222 e. The molecule has 26 heavy (non-hydrogen) atoms. The topological polar surface area (TPSA) is 58.4 Å². The molecule has 1 amide bonds. The standard InChI is InChI=1S/C21H26FN3O/c1-15-12-17(22)9-10-20(15)25-11-5-8-18(14-25)24-21(26)13-19(23)16-6-3-2-4-7-16/h2-4,6-7,9-10,12,18-19H,5,8,11,13-14,23H2,1H3,(H,24,26). The van der Waals surface area contributed by atoms with Crippen LogP contribution >= 0.6 is 0 Å². The number of hydrogen-bond acceptors (Lipinski definition) is 3. The number of aryl methyl sites for hydroxylation is 1. The molecule has 0 radical (unpaired) electrons. The summed E-state index contributed by atoms with van der Waals surface area (Å²) in [6.45, 7) is 3.57. The van der Waals surface area contributed by atoms with E-state index in [2.05, 4.69) is 10.2 Å². The Bertz CT molecular complexity index is 750. The van der Waals surface area contributed by atoms with E-state index in [1.54, 1.807) is 6.07 Å². The van der Waals surface area contributed by atoms with Crippen LogP contribution in [-0.4, -0.2) is 25.0 Å². The summed E-state index contributed by atoms with van der Waals surface area (Å²) in [4.78, 5) is 14.6. The van der Waals surface area contributed by atoms with Gasteiger partial charge in [-0.15, -0.1) is 0 Å². The number of nitrogens with zero attached hydrogens (tertiary/aromatic N) is 1. The Balaban J connectivity index is 1.57. The third kappa shape index (κ3) is 4.61. The van der Waals surface area contributed by atoms with Crippen LogP contribution in [0.25, 0.3) is 0 Å². The van der Waals surface area contributed by atoms with Crippen molar-refractivity contribution in [2.24, 2.45) is 5.73 Å². The van der Waals surface area contributed by atoms with E-state index in [0.717, 1.165) is 42.7 Å². The first-order chi connectivity index (χ1) is 12.5. The summed E-state index contributed by atoms with van der Waals surface area (Å²) in [5.74, 6) is -0.243. The number of piperidine rings is 1. The monoisotopic (exact) mass is 355 g/mol. The van der Waals surface area contributed by atoms with Crippen LogP contribution in [0.15, 0.2) is 48.5 Å². The van der Waals surface area contributed by atoms with Crippen molar-refractivity contribution in [2.75, 3.05) is 18.0 Å². The van der Waals surface area contributed by atoms with E-state index in [1.807, 2.05) is 43.3 Å². The molecule has 0 saturated carbocycles. The van der Waals surface area contributed by atoms with E-state index in [-0.39, 0.29) is 30.2 Å². The lowest BCUT2D eigenvalue weighted by atomic mass is 10.0. The smallest absolute Gasteiger partial charge is 0.222 e. The van der Waals surface area contributed by atoms with Gasteiger partial charge in [0.05, 0.1) is 0 Å². The summed E-state index contributed by atoms with van der Waals surface area (Å²) in [5.41, 5.74) is 9.07. The van der Waals surface area contributed by atoms with Gasteiger partial charge in [-0.2, -0.15) is 0 Å². The first-order valence-electron chi connectivity index (χ1n) is 9.14. The first-order valence-corrected chi connectivity index (χ1v) is 9.14. The Hall–Kier alpha value is -2.40. The highest BCUT2D eigenvalue weighted by molar-refractivity contribution is 5.77. The van der Waals surface area contributed by atoms with E-state index in [0.29, 0.717) is 0 Å². The molecule has 1 heterocycles. The van der Waals surface area contributed by atoms with Crippen molar-refractivity contribution in [2.45, 2.75) is 38.3 Å². The molecule has 5 heteroatoms. The lowest BCUT2D eigenvalue weighted by Crippen LogP contribution is -2.48. The van der Waals surface area contributed by atoms with Crippen molar-refractivity contribution in [3.63, 3.8) is 0 Å². The Kier molecular flexibility index (Phi) is 5.89. The largest absolute Gasteiger partial charge is 0.369 e. The van der Waals surface area contributed by atoms with Crippen molar-refractivity contribution in [3.8, 4) is 0 Å². The van der Waals surface area contributed by atoms with Crippen LogP contribution in [0.4, 0.5) is 10.1 Å². The molecule has 1 fully saturated rings. The molecule has 0 bridgehead atoms. The average Bonchev–Trinajstić information content (AvgIpc) is 2.62. The van der Waals surface area contributed by atoms with Gasteiger partial charge in [-0.1, -0.05) is 30.3 Å². The normalized spacial score (nSPS) is 18.4. The van der Waals surface area contributed by atoms with Crippen LogP contribution in [0, 0.1) is 12.7 Å². The molecule has 4 nitrogen and oxygen atoms in total. The predicted octanol–water partition coefficient (Wildman–Crippen LogP) is 3.31. The molecule has 0 aromatic heterocycles. The Morgan fingerprint density at radius 1 is 1.31 bits per heavy atom. The summed E-state index contributed by atoms with van der Waals surface area (Å²) in [6.07, 6.45) is 2.21. The van der Waals surface area contributed by atoms with Crippen molar-refractivity contribution < 1.29 is 9.18 Å². The van der Waals surface area contributed by atoms with Crippen LogP contribution in [0.1, 0.15) is 36.4 Å². The van der Waals surface area contributed by atoms with Crippen LogP contribution in [-0.2, 0) is 4.79 Å². The zero-order valence-electron chi connectivity index (χ0n) is 15.1. The fraction of sp³-hybridized carbons (Fsp3) is 0.381. The van der Waals surface area contributed by atoms with Gasteiger partial charge in [0.25, 0.3) is 0 Å². The minimum Gasteiger partial charge on any atom is -0.369 e. The van der Waals surface area contributed by atoms with Crippen LogP contribution < -0.4 is 16.0 Å². The lowest BCUT2D eigenvalue weighted by molar-refractivity contribution is -0.122. The number of amides is 1. The number of nitrogens with one attached hydrogen (secondary N) is 1. The molecular weight excluding hydrogens is 329 g/mol. The van der Waals surface area contributed by atoms with E-state index < -0.39 is 0 Å². The van der Waals surface area contributed by atoms with Gasteiger partial charge in [0.15, 0.2) is 0 Å². The molecule has 2 atom stereocenters. The number of rotatable bonds is 5. The third-order valence-electron chi connectivity index (χ3n) is 4.92. The number of benzene rings is 2. The zero-order chi connectivity index (χ0) is 18.5. The van der Waals surface area contributed by atoms with E-state index >= 15 is 0 Å². The van der Waals surface area contributed by atoms with Gasteiger partial charge in [-0.3, -0.25) is 4.79 Å². The number of nitrogens with two attached hydrogens (primary N) is 1. The summed E-state index contributed by atoms with van der Waals surface area (Å²) in [6, 6.07) is 14.3. The third-order valence-corrected chi connectivity index (χ3v) is 4.92. The van der Waals surface area contributed by atoms with Gasteiger partial charge in [0.2, 0.25) is 5.91 Å². The molecule has 2 unspecified atom stereocenters. The maximum absolute atomic E-state index is 13.3. The number of hydrogen-bond donors (Lipinski definition) is 2. The second kappa shape index (κ2) is 8.32. The quantitative estimate of drug-likeness (QED) is 0.865. The van der Waals surface area contributed by atoms with E-state index in [9.17, 15) is 9.18 Å². The SMILES string of the molecule is Cc1cc(F)ccc1N1CCCC(NC(=O)CC(N)c2ccccc2)C1. The average molecular weight is 355 g/mol. The summed E-state index contributed by atoms with van der Waals surface area (Å²) >= 11 is 0. The van der Waals surface area contributed by atoms with Crippen molar-refractivity contribution in [1.29, 1.82) is 0 Å². The fourth-order valence-corrected chi connectivity index (χ4v) is 3.59. The van der Waals surface area contributed by atoms with Gasteiger partial charge >= 0.3 is 0 Å². The lowest BCUT2D eigenvalue weighted by Gasteiger charge is -2.35. The highest BCUT2D eigenvalue weighted by atomic mass is 19.1. The molecule has 0 spiro atoms. The van der Waals surface area contributed by atoms with Crippen LogP contribution in [0.5, 0.6) is 0 Å². The van der Waals surface area contributed by atoms with Gasteiger partial charge in [0, 0.05) is 37.3 Å². The first kappa shape index (κ1) is 18.4. The second-order valence-corrected chi connectivity index (χ2v) is 7.00. The summed E-state index contributed by atoms with van der Waals surface area (Å²) in [5, 5.41) is 3.12. The second-order valence-electron chi connectivity index (χ2n) is 7.00. The van der Waals surface area contributed by atoms with E-state index in [1.165, 1.54) is 6.07 Å². The zero-order valence-corrected chi connectivity index (χ0v) is 15.1. The number of carbonyl (C=O) groups is 1. The van der Waals surface area contributed by atoms with Gasteiger partial charge in [-0.05, 0) is 49.1 Å². The highest BCUT2D eigenvalue weighted by Crippen LogP contribution is 2.24. The molecule has 0 aliphatic carbocycles. The molecule has 1 aliphatic heterocycles. The van der Waals surface area contributed by atoms with Gasteiger partial charge in [-0.25, -0.2) is 4.39 Å². The molecule has 2 aromatic carbocycles. The Morgan fingerprint density at radius 3 is 2.81 bits per heavy atom. The highest BCUT2D eigenvalue weighted by Gasteiger charge is 2.23. The summed E-state index contributed by atoms with van der Waals surface area (Å²) in [7, 11) is 0. The molecular formula is C21H26FN3O. The minimum absolute atomic E-state index is 0.0240. The van der Waals surface area contributed by atoms with Crippen LogP contribution in [0.3, 0.4) is 0 Å². The van der Waals surface area contributed by atoms with Crippen molar-refractivity contribution >= 4 is 11.6 Å². The minimum atomic E-state index is -0.296. The van der Waals surface area contributed by atoms with Crippen molar-refractivity contribution in [1.82, 2.24) is 5.32 Å². The molecule has 3 rings (SSSR count). The van der Waals surface area contributed by atoms with Crippen LogP contribution in [0.2, 0.25) is 0 Å². The summed E-state index contributed by atoms with van der Waals surface area (Å²) < 4.78 is 13.3. The maximum atomic E-state index is 13.3. The molecule has 2 aromatic rings. The Morgan fingerprint density at radius 2 is 2.08 bits per heavy atom.